The maximum atomic E-state index is 12.6. The van der Waals surface area contributed by atoms with Crippen molar-refractivity contribution < 1.29 is 9.53 Å². The molecule has 0 aliphatic heterocycles. The maximum absolute atomic E-state index is 12.6. The Morgan fingerprint density at radius 2 is 2.03 bits per heavy atom. The predicted octanol–water partition coefficient (Wildman–Crippen LogP) is 6.77. The van der Waals surface area contributed by atoms with Gasteiger partial charge in [0.25, 0.3) is 5.91 Å². The third-order valence-corrected chi connectivity index (χ3v) is 6.26. The van der Waals surface area contributed by atoms with Gasteiger partial charge in [0.1, 0.15) is 17.4 Å². The summed E-state index contributed by atoms with van der Waals surface area (Å²) in [7, 11) is 0. The number of nitriles is 1. The number of anilines is 1. The third-order valence-electron chi connectivity index (χ3n) is 4.49. The van der Waals surface area contributed by atoms with Crippen LogP contribution in [0, 0.1) is 11.3 Å². The van der Waals surface area contributed by atoms with E-state index in [2.05, 4.69) is 17.2 Å². The fourth-order valence-corrected chi connectivity index (χ4v) is 4.01. The Balaban J connectivity index is 1.64. The van der Waals surface area contributed by atoms with Gasteiger partial charge in [-0.05, 0) is 41.8 Å². The first-order chi connectivity index (χ1) is 15.5. The lowest BCUT2D eigenvalue weighted by atomic mass is 10.1. The Morgan fingerprint density at radius 1 is 1.25 bits per heavy atom. The Labute approximate surface area is 201 Å². The second kappa shape index (κ2) is 11.7. The number of hydrogen-bond donors (Lipinski definition) is 1. The summed E-state index contributed by atoms with van der Waals surface area (Å²) in [6.07, 6.45) is 5.80. The van der Waals surface area contributed by atoms with Gasteiger partial charge in [0, 0.05) is 17.5 Å². The standard InChI is InChI=1S/C24H21Cl2N3O2S/c1-2-3-11-31-19-9-7-16(8-10-19)12-18(14-27)23(30)29-24-28-15-20(32-24)13-17-5-4-6-21(25)22(17)26/h4-10,12,15H,2-3,11,13H2,1H3,(H,28,29,30). The van der Waals surface area contributed by atoms with Crippen molar-refractivity contribution in [2.45, 2.75) is 26.2 Å². The number of unbranched alkanes of at least 4 members (excludes halogenated alkanes) is 1. The molecule has 3 aromatic rings. The van der Waals surface area contributed by atoms with Crippen molar-refractivity contribution >= 4 is 51.7 Å². The van der Waals surface area contributed by atoms with Gasteiger partial charge >= 0.3 is 0 Å². The van der Waals surface area contributed by atoms with Crippen LogP contribution in [0.4, 0.5) is 5.13 Å². The molecule has 1 aromatic heterocycles. The molecule has 32 heavy (non-hydrogen) atoms. The summed E-state index contributed by atoms with van der Waals surface area (Å²) < 4.78 is 5.63. The van der Waals surface area contributed by atoms with Crippen LogP contribution in [-0.2, 0) is 11.2 Å². The van der Waals surface area contributed by atoms with E-state index in [1.54, 1.807) is 12.3 Å². The van der Waals surface area contributed by atoms with E-state index < -0.39 is 5.91 Å². The van der Waals surface area contributed by atoms with Crippen molar-refractivity contribution in [3.05, 3.63) is 80.3 Å². The van der Waals surface area contributed by atoms with Gasteiger partial charge in [0.15, 0.2) is 5.13 Å². The maximum Gasteiger partial charge on any atom is 0.268 e. The number of amides is 1. The number of carbonyl (C=O) groups excluding carboxylic acids is 1. The Morgan fingerprint density at radius 3 is 2.75 bits per heavy atom. The largest absolute Gasteiger partial charge is 0.494 e. The second-order valence-electron chi connectivity index (χ2n) is 6.92. The zero-order valence-electron chi connectivity index (χ0n) is 17.4. The zero-order valence-corrected chi connectivity index (χ0v) is 19.7. The highest BCUT2D eigenvalue weighted by Gasteiger charge is 2.13. The molecule has 1 amide bonds. The normalized spacial score (nSPS) is 11.1. The monoisotopic (exact) mass is 485 g/mol. The van der Waals surface area contributed by atoms with Gasteiger partial charge in [-0.25, -0.2) is 4.98 Å². The zero-order chi connectivity index (χ0) is 22.9. The molecule has 0 aliphatic rings. The summed E-state index contributed by atoms with van der Waals surface area (Å²) in [6, 6.07) is 14.7. The van der Waals surface area contributed by atoms with Crippen molar-refractivity contribution in [3.8, 4) is 11.8 Å². The Hall–Kier alpha value is -2.85. The van der Waals surface area contributed by atoms with Crippen molar-refractivity contribution in [2.24, 2.45) is 0 Å². The number of nitrogens with one attached hydrogen (secondary N) is 1. The smallest absolute Gasteiger partial charge is 0.268 e. The fourth-order valence-electron chi connectivity index (χ4n) is 2.79. The van der Waals surface area contributed by atoms with Crippen molar-refractivity contribution in [1.29, 1.82) is 5.26 Å². The van der Waals surface area contributed by atoms with Gasteiger partial charge in [0.05, 0.1) is 16.7 Å². The SMILES string of the molecule is CCCCOc1ccc(C=C(C#N)C(=O)Nc2ncc(Cc3cccc(Cl)c3Cl)s2)cc1. The molecule has 0 saturated carbocycles. The molecule has 0 spiro atoms. The molecule has 0 radical (unpaired) electrons. The summed E-state index contributed by atoms with van der Waals surface area (Å²) in [5.74, 6) is 0.242. The summed E-state index contributed by atoms with van der Waals surface area (Å²) in [5.41, 5.74) is 1.59. The number of ether oxygens (including phenoxy) is 1. The summed E-state index contributed by atoms with van der Waals surface area (Å²) in [6.45, 7) is 2.77. The summed E-state index contributed by atoms with van der Waals surface area (Å²) in [4.78, 5) is 17.7. The lowest BCUT2D eigenvalue weighted by Gasteiger charge is -2.05. The number of thiazole rings is 1. The Bertz CT molecular complexity index is 1150. The summed E-state index contributed by atoms with van der Waals surface area (Å²) >= 11 is 13.6. The highest BCUT2D eigenvalue weighted by molar-refractivity contribution is 7.15. The molecule has 5 nitrogen and oxygen atoms in total. The first kappa shape index (κ1) is 23.8. The van der Waals surface area contributed by atoms with Crippen LogP contribution in [0.3, 0.4) is 0 Å². The van der Waals surface area contributed by atoms with Crippen LogP contribution in [0.25, 0.3) is 6.08 Å². The molecule has 164 valence electrons. The fraction of sp³-hybridized carbons (Fsp3) is 0.208. The molecule has 0 bridgehead atoms. The van der Waals surface area contributed by atoms with Gasteiger partial charge < -0.3 is 4.74 Å². The van der Waals surface area contributed by atoms with Crippen molar-refractivity contribution in [2.75, 3.05) is 11.9 Å². The molecule has 3 rings (SSSR count). The molecular formula is C24H21Cl2N3O2S. The molecule has 2 aromatic carbocycles. The highest BCUT2D eigenvalue weighted by atomic mass is 35.5. The summed E-state index contributed by atoms with van der Waals surface area (Å²) in [5, 5.41) is 13.5. The van der Waals surface area contributed by atoms with E-state index in [4.69, 9.17) is 27.9 Å². The number of benzene rings is 2. The van der Waals surface area contributed by atoms with Crippen LogP contribution in [0.2, 0.25) is 10.0 Å². The lowest BCUT2D eigenvalue weighted by molar-refractivity contribution is -0.112. The van der Waals surface area contributed by atoms with Crippen LogP contribution < -0.4 is 10.1 Å². The van der Waals surface area contributed by atoms with Gasteiger partial charge in [-0.2, -0.15) is 5.26 Å². The van der Waals surface area contributed by atoms with E-state index >= 15 is 0 Å². The number of hydrogen-bond acceptors (Lipinski definition) is 5. The second-order valence-corrected chi connectivity index (χ2v) is 8.82. The molecule has 0 fully saturated rings. The Kier molecular flexibility index (Phi) is 8.69. The van der Waals surface area contributed by atoms with E-state index in [0.29, 0.717) is 28.2 Å². The van der Waals surface area contributed by atoms with E-state index in [9.17, 15) is 10.1 Å². The first-order valence-corrected chi connectivity index (χ1v) is 11.6. The third kappa shape index (κ3) is 6.57. The van der Waals surface area contributed by atoms with Crippen molar-refractivity contribution in [1.82, 2.24) is 4.98 Å². The molecule has 0 saturated heterocycles. The van der Waals surface area contributed by atoms with Gasteiger partial charge in [-0.1, -0.05) is 60.8 Å². The number of rotatable bonds is 9. The minimum absolute atomic E-state index is 0.0145. The highest BCUT2D eigenvalue weighted by Crippen LogP contribution is 2.29. The van der Waals surface area contributed by atoms with Crippen molar-refractivity contribution in [3.63, 3.8) is 0 Å². The van der Waals surface area contributed by atoms with Crippen LogP contribution in [-0.4, -0.2) is 17.5 Å². The minimum atomic E-state index is -0.516. The number of aromatic nitrogens is 1. The number of carbonyl (C=O) groups is 1. The lowest BCUT2D eigenvalue weighted by Crippen LogP contribution is -2.13. The van der Waals surface area contributed by atoms with Crippen LogP contribution in [0.1, 0.15) is 35.8 Å². The van der Waals surface area contributed by atoms with E-state index in [1.165, 1.54) is 17.4 Å². The molecule has 0 aliphatic carbocycles. The van der Waals surface area contributed by atoms with E-state index in [-0.39, 0.29) is 5.57 Å². The average molecular weight is 486 g/mol. The van der Waals surface area contributed by atoms with Gasteiger partial charge in [-0.15, -0.1) is 11.3 Å². The number of halogens is 2. The topological polar surface area (TPSA) is 75.0 Å². The molecule has 0 unspecified atom stereocenters. The molecule has 1 heterocycles. The van der Waals surface area contributed by atoms with Crippen LogP contribution in [0.5, 0.6) is 5.75 Å². The molecule has 0 atom stereocenters. The molecule has 8 heteroatoms. The average Bonchev–Trinajstić information content (AvgIpc) is 3.23. The van der Waals surface area contributed by atoms with Gasteiger partial charge in [0.2, 0.25) is 0 Å². The van der Waals surface area contributed by atoms with Crippen LogP contribution in [0.15, 0.2) is 54.2 Å². The predicted molar refractivity (Wildman–Crippen MR) is 130 cm³/mol. The first-order valence-electron chi connectivity index (χ1n) is 10.0. The molecular weight excluding hydrogens is 465 g/mol. The number of nitrogens with zero attached hydrogens (tertiary/aromatic N) is 2. The van der Waals surface area contributed by atoms with Crippen LogP contribution >= 0.6 is 34.5 Å². The quantitative estimate of drug-likeness (QED) is 0.206. The van der Waals surface area contributed by atoms with Gasteiger partial charge in [-0.3, -0.25) is 10.1 Å². The van der Waals surface area contributed by atoms with E-state index in [1.807, 2.05) is 42.5 Å². The molecule has 1 N–H and O–H groups in total. The van der Waals surface area contributed by atoms with E-state index in [0.717, 1.165) is 34.6 Å². The minimum Gasteiger partial charge on any atom is -0.494 e.